The second-order valence-electron chi connectivity index (χ2n) is 3.06. The van der Waals surface area contributed by atoms with E-state index in [9.17, 15) is 5.11 Å². The molecule has 0 atom stereocenters. The second kappa shape index (κ2) is 3.67. The highest BCUT2D eigenvalue weighted by molar-refractivity contribution is 5.48. The van der Waals surface area contributed by atoms with Crippen molar-refractivity contribution in [3.8, 4) is 5.88 Å². The maximum Gasteiger partial charge on any atom is 0.197 e. The number of nitrogens with zero attached hydrogens (tertiary/aromatic N) is 2. The molecule has 0 fully saturated rings. The molecule has 0 radical (unpaired) electrons. The molecule has 4 nitrogen and oxygen atoms in total. The molecule has 2 aromatic heterocycles. The van der Waals surface area contributed by atoms with Crippen LogP contribution in [0.25, 0.3) is 5.52 Å². The maximum absolute atomic E-state index is 9.62. The van der Waals surface area contributed by atoms with Crippen LogP contribution in [0.2, 0.25) is 0 Å². The minimum absolute atomic E-state index is 0.214. The number of imidazole rings is 1. The Morgan fingerprint density at radius 2 is 2.36 bits per heavy atom. The molecular formula is C10H12N2O2. The summed E-state index contributed by atoms with van der Waals surface area (Å²) in [6.45, 7) is 0.605. The smallest absolute Gasteiger partial charge is 0.197 e. The minimum Gasteiger partial charge on any atom is -0.494 e. The van der Waals surface area contributed by atoms with Gasteiger partial charge in [-0.3, -0.25) is 4.40 Å². The summed E-state index contributed by atoms with van der Waals surface area (Å²) in [5.74, 6) is 1.03. The zero-order chi connectivity index (χ0) is 9.97. The number of fused-ring (bicyclic) bond motifs is 1. The fourth-order valence-electron chi connectivity index (χ4n) is 1.46. The van der Waals surface area contributed by atoms with Crippen molar-refractivity contribution in [3.05, 3.63) is 30.2 Å². The third-order valence-electron chi connectivity index (χ3n) is 2.13. The normalized spacial score (nSPS) is 10.9. The lowest BCUT2D eigenvalue weighted by atomic mass is 10.4. The van der Waals surface area contributed by atoms with Crippen LogP contribution in [0.4, 0.5) is 0 Å². The van der Waals surface area contributed by atoms with E-state index in [1.54, 1.807) is 29.8 Å². The molecule has 0 spiro atoms. The first-order valence-corrected chi connectivity index (χ1v) is 4.46. The van der Waals surface area contributed by atoms with Crippen molar-refractivity contribution in [2.24, 2.45) is 0 Å². The predicted molar refractivity (Wildman–Crippen MR) is 52.4 cm³/mol. The van der Waals surface area contributed by atoms with Gasteiger partial charge < -0.3 is 9.84 Å². The van der Waals surface area contributed by atoms with E-state index in [0.717, 1.165) is 11.3 Å². The molecule has 0 aliphatic rings. The van der Waals surface area contributed by atoms with E-state index in [1.807, 2.05) is 6.07 Å². The number of methoxy groups -OCH3 is 1. The van der Waals surface area contributed by atoms with Gasteiger partial charge >= 0.3 is 0 Å². The Kier molecular flexibility index (Phi) is 2.37. The molecule has 1 N–H and O–H groups in total. The monoisotopic (exact) mass is 192 g/mol. The molecule has 4 heteroatoms. The van der Waals surface area contributed by atoms with Crippen LogP contribution < -0.4 is 0 Å². The van der Waals surface area contributed by atoms with Gasteiger partial charge in [-0.15, -0.1) is 0 Å². The molecule has 2 rings (SSSR count). The number of rotatable bonds is 3. The summed E-state index contributed by atoms with van der Waals surface area (Å²) in [7, 11) is 1.65. The lowest BCUT2D eigenvalue weighted by Crippen LogP contribution is -2.00. The molecule has 0 bridgehead atoms. The van der Waals surface area contributed by atoms with Gasteiger partial charge in [0.1, 0.15) is 5.82 Å². The molecule has 0 saturated carbocycles. The van der Waals surface area contributed by atoms with Crippen LogP contribution in [0.3, 0.4) is 0 Å². The predicted octanol–water partition coefficient (Wildman–Crippen LogP) is 1.23. The molecule has 0 saturated heterocycles. The number of ether oxygens (including phenoxy) is 1. The van der Waals surface area contributed by atoms with Gasteiger partial charge in [0.05, 0.1) is 18.3 Å². The summed E-state index contributed by atoms with van der Waals surface area (Å²) in [6, 6.07) is 5.35. The van der Waals surface area contributed by atoms with Crippen molar-refractivity contribution in [3.63, 3.8) is 0 Å². The number of aromatic hydroxyl groups is 1. The molecule has 0 unspecified atom stereocenters. The summed E-state index contributed by atoms with van der Waals surface area (Å²) in [5, 5.41) is 9.62. The highest BCUT2D eigenvalue weighted by Gasteiger charge is 2.05. The van der Waals surface area contributed by atoms with E-state index in [-0.39, 0.29) is 5.88 Å². The summed E-state index contributed by atoms with van der Waals surface area (Å²) in [4.78, 5) is 4.22. The topological polar surface area (TPSA) is 46.8 Å². The number of hydrogen-bond acceptors (Lipinski definition) is 3. The average molecular weight is 192 g/mol. The van der Waals surface area contributed by atoms with Gasteiger partial charge in [0.15, 0.2) is 5.88 Å². The van der Waals surface area contributed by atoms with Gasteiger partial charge in [0.25, 0.3) is 0 Å². The largest absolute Gasteiger partial charge is 0.494 e. The zero-order valence-electron chi connectivity index (χ0n) is 7.97. The molecule has 0 aliphatic carbocycles. The lowest BCUT2D eigenvalue weighted by molar-refractivity contribution is 0.200. The van der Waals surface area contributed by atoms with Crippen molar-refractivity contribution in [2.75, 3.05) is 13.7 Å². The van der Waals surface area contributed by atoms with Gasteiger partial charge in [-0.05, 0) is 12.1 Å². The molecule has 14 heavy (non-hydrogen) atoms. The maximum atomic E-state index is 9.62. The molecule has 74 valence electrons. The number of pyridine rings is 1. The third-order valence-corrected chi connectivity index (χ3v) is 2.13. The fourth-order valence-corrected chi connectivity index (χ4v) is 1.46. The van der Waals surface area contributed by atoms with E-state index in [2.05, 4.69) is 4.98 Å². The van der Waals surface area contributed by atoms with Gasteiger partial charge in [-0.25, -0.2) is 4.98 Å². The van der Waals surface area contributed by atoms with Crippen LogP contribution in [0.15, 0.2) is 24.4 Å². The van der Waals surface area contributed by atoms with Crippen LogP contribution in [0.1, 0.15) is 5.82 Å². The first-order chi connectivity index (χ1) is 6.83. The summed E-state index contributed by atoms with van der Waals surface area (Å²) >= 11 is 0. The Morgan fingerprint density at radius 1 is 1.50 bits per heavy atom. The summed E-state index contributed by atoms with van der Waals surface area (Å²) in [5.41, 5.74) is 0.899. The standard InChI is InChI=1S/C10H12N2O2/c1-14-6-5-9-11-7-8-3-2-4-10(13)12(8)9/h2-4,7,13H,5-6H2,1H3. The molecular weight excluding hydrogens is 180 g/mol. The number of aromatic nitrogens is 2. The van der Waals surface area contributed by atoms with Gasteiger partial charge in [-0.2, -0.15) is 0 Å². The van der Waals surface area contributed by atoms with E-state index >= 15 is 0 Å². The van der Waals surface area contributed by atoms with Crippen LogP contribution in [-0.2, 0) is 11.2 Å². The van der Waals surface area contributed by atoms with E-state index in [4.69, 9.17) is 4.74 Å². The Hall–Kier alpha value is -1.55. The van der Waals surface area contributed by atoms with Gasteiger partial charge in [0.2, 0.25) is 0 Å². The third kappa shape index (κ3) is 1.44. The minimum atomic E-state index is 0.214. The zero-order valence-corrected chi connectivity index (χ0v) is 7.97. The van der Waals surface area contributed by atoms with Crippen LogP contribution in [-0.4, -0.2) is 28.2 Å². The molecule has 2 aromatic rings. The highest BCUT2D eigenvalue weighted by Crippen LogP contribution is 2.15. The average Bonchev–Trinajstić information content (AvgIpc) is 2.59. The molecule has 0 aromatic carbocycles. The quantitative estimate of drug-likeness (QED) is 0.795. The number of hydrogen-bond donors (Lipinski definition) is 1. The summed E-state index contributed by atoms with van der Waals surface area (Å²) < 4.78 is 6.69. The Balaban J connectivity index is 2.45. The highest BCUT2D eigenvalue weighted by atomic mass is 16.5. The Bertz CT molecular complexity index is 437. The fraction of sp³-hybridized carbons (Fsp3) is 0.300. The molecule has 0 aliphatic heterocycles. The van der Waals surface area contributed by atoms with Gasteiger partial charge in [0, 0.05) is 13.5 Å². The SMILES string of the molecule is COCCc1ncc2cccc(O)n12. The van der Waals surface area contributed by atoms with Crippen LogP contribution in [0.5, 0.6) is 5.88 Å². The Morgan fingerprint density at radius 3 is 3.14 bits per heavy atom. The van der Waals surface area contributed by atoms with E-state index in [1.165, 1.54) is 0 Å². The Labute approximate surface area is 81.8 Å². The van der Waals surface area contributed by atoms with Crippen LogP contribution in [0, 0.1) is 0 Å². The molecule has 0 amide bonds. The molecule has 2 heterocycles. The summed E-state index contributed by atoms with van der Waals surface area (Å²) in [6.07, 6.45) is 2.44. The van der Waals surface area contributed by atoms with Crippen molar-refractivity contribution >= 4 is 5.52 Å². The lowest BCUT2D eigenvalue weighted by Gasteiger charge is -2.02. The first-order valence-electron chi connectivity index (χ1n) is 4.46. The first kappa shape index (κ1) is 9.02. The van der Waals surface area contributed by atoms with Gasteiger partial charge in [-0.1, -0.05) is 6.07 Å². The van der Waals surface area contributed by atoms with E-state index in [0.29, 0.717) is 13.0 Å². The van der Waals surface area contributed by atoms with E-state index < -0.39 is 0 Å². The van der Waals surface area contributed by atoms with Crippen molar-refractivity contribution in [1.29, 1.82) is 0 Å². The van der Waals surface area contributed by atoms with Crippen molar-refractivity contribution < 1.29 is 9.84 Å². The van der Waals surface area contributed by atoms with Crippen molar-refractivity contribution in [2.45, 2.75) is 6.42 Å². The second-order valence-corrected chi connectivity index (χ2v) is 3.06. The van der Waals surface area contributed by atoms with Crippen molar-refractivity contribution in [1.82, 2.24) is 9.38 Å². The van der Waals surface area contributed by atoms with Crippen LogP contribution >= 0.6 is 0 Å².